The summed E-state index contributed by atoms with van der Waals surface area (Å²) < 4.78 is 18.7. The van der Waals surface area contributed by atoms with E-state index in [0.717, 1.165) is 199 Å². The van der Waals surface area contributed by atoms with Gasteiger partial charge < -0.3 is 29.8 Å². The van der Waals surface area contributed by atoms with Gasteiger partial charge in [-0.15, -0.1) is 0 Å². The molecule has 0 saturated heterocycles. The Kier molecular flexibility index (Phi) is 22.7. The summed E-state index contributed by atoms with van der Waals surface area (Å²) in [5, 5.41) is 20.9. The molecule has 0 bridgehead atoms. The van der Waals surface area contributed by atoms with Gasteiger partial charge in [-0.3, -0.25) is 33.9 Å². The van der Waals surface area contributed by atoms with Crippen LogP contribution in [0.2, 0.25) is 5.02 Å². The number of nitrogens with one attached hydrogen (secondary N) is 3. The lowest BCUT2D eigenvalue weighted by Crippen LogP contribution is -2.14. The highest BCUT2D eigenvalue weighted by Gasteiger charge is 2.34. The van der Waals surface area contributed by atoms with Crippen LogP contribution < -0.4 is 35.6 Å². The number of ether oxygens (including phenoxy) is 3. The Morgan fingerprint density at radius 3 is 1.42 bits per heavy atom. The lowest BCUT2D eigenvalue weighted by molar-refractivity contribution is 0.103. The topological polar surface area (TPSA) is 217 Å². The van der Waals surface area contributed by atoms with E-state index in [1.807, 2.05) is 374 Å². The Balaban J connectivity index is 0.000000101. The second kappa shape index (κ2) is 36.3. The molecule has 5 aromatic heterocycles. The van der Waals surface area contributed by atoms with Crippen LogP contribution in [0.25, 0.3) is 120 Å². The Bertz CT molecular complexity index is 9060. The van der Waals surface area contributed by atoms with Crippen LogP contribution in [0.15, 0.2) is 381 Å². The number of ketones is 4. The second-order valence-corrected chi connectivity index (χ2v) is 35.9. The Labute approximate surface area is 810 Å². The molecule has 26 rings (SSSR count). The highest BCUT2D eigenvalue weighted by molar-refractivity contribution is 6.32. The maximum absolute atomic E-state index is 13.4. The van der Waals surface area contributed by atoms with Gasteiger partial charge in [0, 0.05) is 169 Å². The van der Waals surface area contributed by atoms with Gasteiger partial charge in [0.05, 0.1) is 44.5 Å². The molecular weight excluding hydrogens is 1750 g/mol. The van der Waals surface area contributed by atoms with Crippen molar-refractivity contribution < 1.29 is 33.4 Å². The Morgan fingerprint density at radius 2 is 0.800 bits per heavy atom. The van der Waals surface area contributed by atoms with Crippen molar-refractivity contribution >= 4 is 139 Å². The molecule has 0 saturated carbocycles. The summed E-state index contributed by atoms with van der Waals surface area (Å²) in [6.07, 6.45) is 13.0. The number of H-pyrrole nitrogens is 1. The number of fused-ring (bicyclic) bond motifs is 10. The molecule has 4 aliphatic rings. The first kappa shape index (κ1) is 87.4. The van der Waals surface area contributed by atoms with Crippen molar-refractivity contribution in [3.8, 4) is 79.4 Å². The second-order valence-electron chi connectivity index (χ2n) is 35.4. The number of aromatic nitrogens is 5. The van der Waals surface area contributed by atoms with Crippen LogP contribution >= 0.6 is 11.6 Å². The van der Waals surface area contributed by atoms with E-state index in [9.17, 15) is 24.0 Å². The Hall–Kier alpha value is -18.0. The molecule has 0 atom stereocenters. The average molecular weight is 1840 g/mol. The molecule has 3 N–H and O–H groups in total. The van der Waals surface area contributed by atoms with E-state index in [1.165, 1.54) is 11.1 Å². The van der Waals surface area contributed by atoms with Crippen LogP contribution in [0.4, 0.5) is 28.4 Å². The largest absolute Gasteiger partial charge is 0.438 e. The number of rotatable bonds is 11. The number of hydrogen-bond acceptors (Lipinski definition) is 15. The third kappa shape index (κ3) is 16.0. The molecule has 4 aliphatic carbocycles. The molecule has 672 valence electrons. The monoisotopic (exact) mass is 1840 g/mol. The molecule has 0 fully saturated rings. The number of para-hydroxylation sites is 1. The fraction of sp³-hybridized carbons (Fsp3) is 0.0569. The summed E-state index contributed by atoms with van der Waals surface area (Å²) in [6.45, 7) is 14.2. The summed E-state index contributed by atoms with van der Waals surface area (Å²) in [5.74, 6) is 3.57. The first-order valence-corrected chi connectivity index (χ1v) is 46.4. The SMILES string of the molecule is Cc1cc(Cl)ccc1Nc1cccc2c1C(=O)c1cccc3cncc-2c13.Cc1ccc(N=c2ccc3c[nH]cc4c5ccccc5c(=O)c2c34)c(C)c1.Cc1ccc(Oc2nc(Oc3ccc(C)cc3)c3cccc4c3c2-c2ccccc2C4=O)cc1.Cc1ccc(Oc2ncc3c4c(cccc24)C(=O)c2ccccc2-3)c(C)c1.O=C1c2c(Nc3ccccc3)cccc2-c2cncc3cccc1c23. The Morgan fingerprint density at radius 1 is 0.300 bits per heavy atom. The number of carbonyl (C=O) groups is 4. The molecule has 22 aromatic rings. The molecule has 0 spiro atoms. The van der Waals surface area contributed by atoms with Gasteiger partial charge in [-0.1, -0.05) is 264 Å². The minimum atomic E-state index is -0.0116. The number of anilines is 4. The maximum atomic E-state index is 13.4. The van der Waals surface area contributed by atoms with Crippen molar-refractivity contribution in [3.05, 3.63) is 475 Å². The van der Waals surface area contributed by atoms with Crippen LogP contribution in [0.5, 0.6) is 34.9 Å². The number of carbonyl (C=O) groups excluding carboxylic acids is 4. The molecule has 16 nitrogen and oxygen atoms in total. The van der Waals surface area contributed by atoms with E-state index in [1.54, 1.807) is 6.20 Å². The predicted octanol–water partition coefficient (Wildman–Crippen LogP) is 30.0. The fourth-order valence-electron chi connectivity index (χ4n) is 19.5. The molecule has 0 amide bonds. The van der Waals surface area contributed by atoms with Crippen molar-refractivity contribution in [2.24, 2.45) is 4.99 Å². The molecule has 17 heteroatoms. The van der Waals surface area contributed by atoms with E-state index in [-0.39, 0.29) is 28.6 Å². The fourth-order valence-corrected chi connectivity index (χ4v) is 19.8. The first-order chi connectivity index (χ1) is 68.3. The minimum Gasteiger partial charge on any atom is -0.438 e. The van der Waals surface area contributed by atoms with E-state index >= 15 is 0 Å². The number of aromatic amines is 1. The average Bonchev–Trinajstić information content (AvgIpc) is 0.740. The number of aryl methyl sites for hydroxylation is 7. The zero-order chi connectivity index (χ0) is 95.7. The molecule has 0 aliphatic heterocycles. The van der Waals surface area contributed by atoms with Gasteiger partial charge in [0.1, 0.15) is 17.2 Å². The number of benzene rings is 17. The summed E-state index contributed by atoms with van der Waals surface area (Å²) in [6, 6.07) is 105. The third-order valence-corrected chi connectivity index (χ3v) is 26.4. The van der Waals surface area contributed by atoms with E-state index < -0.39 is 0 Å². The van der Waals surface area contributed by atoms with Crippen molar-refractivity contribution in [3.63, 3.8) is 0 Å². The first-order valence-electron chi connectivity index (χ1n) is 46.1. The highest BCUT2D eigenvalue weighted by Crippen LogP contribution is 2.51. The lowest BCUT2D eigenvalue weighted by atomic mass is 9.83. The van der Waals surface area contributed by atoms with Crippen LogP contribution in [0.3, 0.4) is 0 Å². The van der Waals surface area contributed by atoms with Crippen LogP contribution in [-0.4, -0.2) is 48.1 Å². The quantitative estimate of drug-likeness (QED) is 0.0811. The third-order valence-electron chi connectivity index (χ3n) is 26.2. The van der Waals surface area contributed by atoms with Crippen molar-refractivity contribution in [2.75, 3.05) is 10.6 Å². The smallest absolute Gasteiger partial charge is 0.231 e. The highest BCUT2D eigenvalue weighted by atomic mass is 35.5. The van der Waals surface area contributed by atoms with Crippen LogP contribution in [0, 0.1) is 48.5 Å². The van der Waals surface area contributed by atoms with Gasteiger partial charge in [0.25, 0.3) is 0 Å². The van der Waals surface area contributed by atoms with Crippen LogP contribution in [0.1, 0.15) is 103 Å². The predicted molar refractivity (Wildman–Crippen MR) is 562 cm³/mol. The lowest BCUT2D eigenvalue weighted by Gasteiger charge is -2.23. The van der Waals surface area contributed by atoms with Crippen molar-refractivity contribution in [1.29, 1.82) is 0 Å². The van der Waals surface area contributed by atoms with Gasteiger partial charge in [-0.05, 0) is 195 Å². The summed E-state index contributed by atoms with van der Waals surface area (Å²) in [7, 11) is 0. The van der Waals surface area contributed by atoms with Crippen LogP contribution in [-0.2, 0) is 0 Å². The molecule has 0 radical (unpaired) electrons. The zero-order valence-electron chi connectivity index (χ0n) is 77.1. The summed E-state index contributed by atoms with van der Waals surface area (Å²) >= 11 is 6.07. The molecule has 0 unspecified atom stereocenters. The minimum absolute atomic E-state index is 0.0116. The van der Waals surface area contributed by atoms with Crippen molar-refractivity contribution in [2.45, 2.75) is 48.5 Å². The standard InChI is InChI=1S/C30H21NO3.C24H18N2O.C24H17NO2.C23H15ClN2O.C22H14N2O/c1-18-10-14-20(15-11-18)33-29-25-9-5-8-24-26(25)27(22-6-3-4-7-23(22)28(24)32)30(31-29)34-21-16-12-19(2)13-17-21;1-14-7-9-20(15(2)11-14)26-21-10-8-16-12-25-13-19-17-5-3-4-6-18(17)24(27)23(21)22(16)19;1-14-10-11-21(15(2)12-14)27-24-19-9-5-8-18-22(19)20(13-25-24)16-6-3-4-7-17(16)23(18)26;1-13-10-15(24)8-9-19(13)26-20-7-3-5-16-18-12-25-11-14-4-2-6-17(21(14)18)23(27)22(16)20;25-22-17-10-4-6-14-12-23-13-18(20(14)17)16-9-5-11-19(21(16)22)24-15-7-2-1-3-8-15/h3-17H,1-2H3;3-13,25H,1-2H3;3-13H,1-2H3;2-12,26H,1H3;1-13,24H. The number of halogens is 1. The van der Waals surface area contributed by atoms with E-state index in [0.29, 0.717) is 67.4 Å². The van der Waals surface area contributed by atoms with E-state index in [4.69, 9.17) is 35.8 Å². The summed E-state index contributed by atoms with van der Waals surface area (Å²) in [4.78, 5) is 92.7. The molecule has 140 heavy (non-hydrogen) atoms. The van der Waals surface area contributed by atoms with Gasteiger partial charge >= 0.3 is 0 Å². The molecule has 17 aromatic carbocycles. The summed E-state index contributed by atoms with van der Waals surface area (Å²) in [5.41, 5.74) is 25.2. The van der Waals surface area contributed by atoms with Crippen molar-refractivity contribution in [1.82, 2.24) is 24.9 Å². The van der Waals surface area contributed by atoms with Gasteiger partial charge in [0.2, 0.25) is 17.6 Å². The van der Waals surface area contributed by atoms with Gasteiger partial charge in [-0.2, -0.15) is 4.98 Å². The number of hydrogen-bond donors (Lipinski definition) is 3. The maximum Gasteiger partial charge on any atom is 0.231 e. The van der Waals surface area contributed by atoms with Gasteiger partial charge in [-0.25, -0.2) is 9.98 Å². The normalized spacial score (nSPS) is 12.1. The zero-order valence-corrected chi connectivity index (χ0v) is 77.9. The molecule has 5 heterocycles. The number of nitrogens with zero attached hydrogens (tertiary/aromatic N) is 5. The van der Waals surface area contributed by atoms with E-state index in [2.05, 4.69) is 69.5 Å². The number of pyridine rings is 5. The molecular formula is C123H85ClN8O8. The van der Waals surface area contributed by atoms with Gasteiger partial charge in [0.15, 0.2) is 28.6 Å².